The van der Waals surface area contributed by atoms with Gasteiger partial charge in [-0.25, -0.2) is 4.98 Å². The summed E-state index contributed by atoms with van der Waals surface area (Å²) in [7, 11) is 0. The third-order valence-electron chi connectivity index (χ3n) is 3.69. The highest BCUT2D eigenvalue weighted by atomic mass is 16.4. The number of rotatable bonds is 2. The van der Waals surface area contributed by atoms with Crippen LogP contribution >= 0.6 is 0 Å². The van der Waals surface area contributed by atoms with E-state index in [4.69, 9.17) is 9.52 Å². The van der Waals surface area contributed by atoms with Crippen LogP contribution < -0.4 is 0 Å². The molecule has 0 radical (unpaired) electrons. The van der Waals surface area contributed by atoms with Crippen molar-refractivity contribution in [1.29, 1.82) is 0 Å². The first-order valence-electron chi connectivity index (χ1n) is 6.57. The highest BCUT2D eigenvalue weighted by molar-refractivity contribution is 5.70. The van der Waals surface area contributed by atoms with Crippen LogP contribution in [-0.2, 0) is 10.2 Å². The summed E-state index contributed by atoms with van der Waals surface area (Å²) in [5.41, 5.74) is -0.0243. The lowest BCUT2D eigenvalue weighted by molar-refractivity contribution is -0.142. The second kappa shape index (κ2) is 4.75. The van der Waals surface area contributed by atoms with Gasteiger partial charge in [-0.2, -0.15) is 0 Å². The summed E-state index contributed by atoms with van der Waals surface area (Å²) in [6, 6.07) is 0. The molecule has 1 heterocycles. The van der Waals surface area contributed by atoms with Crippen molar-refractivity contribution in [2.24, 2.45) is 5.92 Å². The minimum atomic E-state index is -0.670. The van der Waals surface area contributed by atoms with Crippen LogP contribution in [0.1, 0.15) is 64.0 Å². The van der Waals surface area contributed by atoms with Gasteiger partial charge in [-0.05, 0) is 25.7 Å². The standard InChI is InChI=1S/C14H21NO3/c1-14(2,3)11-8-15-12(18-11)9-4-6-10(7-5-9)13(16)17/h8-10H,4-7H2,1-3H3,(H,16,17). The van der Waals surface area contributed by atoms with Gasteiger partial charge < -0.3 is 9.52 Å². The zero-order valence-electron chi connectivity index (χ0n) is 11.3. The van der Waals surface area contributed by atoms with Crippen LogP contribution in [0.25, 0.3) is 0 Å². The summed E-state index contributed by atoms with van der Waals surface area (Å²) in [5.74, 6) is 1.12. The number of hydrogen-bond donors (Lipinski definition) is 1. The minimum absolute atomic E-state index is 0.0243. The third kappa shape index (κ3) is 2.74. The molecule has 0 atom stereocenters. The molecule has 0 saturated heterocycles. The van der Waals surface area contributed by atoms with Crippen molar-refractivity contribution in [1.82, 2.24) is 4.98 Å². The smallest absolute Gasteiger partial charge is 0.306 e. The van der Waals surface area contributed by atoms with E-state index in [9.17, 15) is 4.79 Å². The van der Waals surface area contributed by atoms with Gasteiger partial charge in [0.05, 0.1) is 12.1 Å². The molecular formula is C14H21NO3. The van der Waals surface area contributed by atoms with E-state index in [1.807, 2.05) is 0 Å². The fourth-order valence-corrected chi connectivity index (χ4v) is 2.41. The van der Waals surface area contributed by atoms with Crippen LogP contribution in [0.3, 0.4) is 0 Å². The maximum Gasteiger partial charge on any atom is 0.306 e. The van der Waals surface area contributed by atoms with E-state index in [0.29, 0.717) is 0 Å². The summed E-state index contributed by atoms with van der Waals surface area (Å²) >= 11 is 0. The molecule has 4 heteroatoms. The lowest BCUT2D eigenvalue weighted by Crippen LogP contribution is -2.20. The Kier molecular flexibility index (Phi) is 3.46. The molecule has 0 bridgehead atoms. The zero-order chi connectivity index (χ0) is 13.3. The molecular weight excluding hydrogens is 230 g/mol. The van der Waals surface area contributed by atoms with Gasteiger partial charge in [-0.3, -0.25) is 4.79 Å². The molecule has 0 spiro atoms. The van der Waals surface area contributed by atoms with Crippen LogP contribution in [0.15, 0.2) is 10.6 Å². The van der Waals surface area contributed by atoms with Gasteiger partial charge in [0.2, 0.25) is 0 Å². The van der Waals surface area contributed by atoms with Crippen molar-refractivity contribution in [3.8, 4) is 0 Å². The van der Waals surface area contributed by atoms with Gasteiger partial charge in [0.25, 0.3) is 0 Å². The van der Waals surface area contributed by atoms with E-state index >= 15 is 0 Å². The molecule has 2 rings (SSSR count). The molecule has 100 valence electrons. The maximum atomic E-state index is 10.9. The van der Waals surface area contributed by atoms with Gasteiger partial charge in [-0.1, -0.05) is 20.8 Å². The van der Waals surface area contributed by atoms with E-state index in [1.165, 1.54) is 0 Å². The van der Waals surface area contributed by atoms with E-state index in [2.05, 4.69) is 25.8 Å². The Bertz CT molecular complexity index is 422. The Morgan fingerprint density at radius 2 is 1.94 bits per heavy atom. The molecule has 1 aliphatic carbocycles. The predicted octanol–water partition coefficient (Wildman–Crippen LogP) is 3.33. The molecule has 1 aromatic rings. The highest BCUT2D eigenvalue weighted by Gasteiger charge is 2.30. The quantitative estimate of drug-likeness (QED) is 0.875. The number of aromatic nitrogens is 1. The van der Waals surface area contributed by atoms with E-state index in [-0.39, 0.29) is 17.3 Å². The predicted molar refractivity (Wildman–Crippen MR) is 67.5 cm³/mol. The largest absolute Gasteiger partial charge is 0.481 e. The number of carboxylic acid groups (broad SMARTS) is 1. The Labute approximate surface area is 107 Å². The van der Waals surface area contributed by atoms with E-state index in [0.717, 1.165) is 37.3 Å². The molecule has 4 nitrogen and oxygen atoms in total. The average Bonchev–Trinajstić information content (AvgIpc) is 2.78. The molecule has 1 aliphatic rings. The Morgan fingerprint density at radius 1 is 1.33 bits per heavy atom. The number of nitrogens with zero attached hydrogens (tertiary/aromatic N) is 1. The molecule has 1 saturated carbocycles. The molecule has 1 fully saturated rings. The zero-order valence-corrected chi connectivity index (χ0v) is 11.3. The summed E-state index contributed by atoms with van der Waals surface area (Å²) in [4.78, 5) is 15.3. The number of carbonyl (C=O) groups is 1. The van der Waals surface area contributed by atoms with Crippen molar-refractivity contribution in [3.63, 3.8) is 0 Å². The van der Waals surface area contributed by atoms with Crippen molar-refractivity contribution >= 4 is 5.97 Å². The van der Waals surface area contributed by atoms with Gasteiger partial charge >= 0.3 is 5.97 Å². The second-order valence-electron chi connectivity index (χ2n) is 6.20. The fourth-order valence-electron chi connectivity index (χ4n) is 2.41. The molecule has 0 amide bonds. The topological polar surface area (TPSA) is 63.3 Å². The van der Waals surface area contributed by atoms with Crippen molar-refractivity contribution in [2.75, 3.05) is 0 Å². The SMILES string of the molecule is CC(C)(C)c1cnc(C2CCC(C(=O)O)CC2)o1. The molecule has 0 aliphatic heterocycles. The first kappa shape index (κ1) is 13.1. The monoisotopic (exact) mass is 251 g/mol. The molecule has 0 unspecified atom stereocenters. The van der Waals surface area contributed by atoms with E-state index in [1.54, 1.807) is 6.20 Å². The highest BCUT2D eigenvalue weighted by Crippen LogP contribution is 2.36. The van der Waals surface area contributed by atoms with Gasteiger partial charge in [0, 0.05) is 11.3 Å². The summed E-state index contributed by atoms with van der Waals surface area (Å²) in [6.45, 7) is 6.29. The van der Waals surface area contributed by atoms with Gasteiger partial charge in [-0.15, -0.1) is 0 Å². The Balaban J connectivity index is 2.02. The average molecular weight is 251 g/mol. The normalized spacial score (nSPS) is 25.1. The molecule has 18 heavy (non-hydrogen) atoms. The number of oxazole rings is 1. The van der Waals surface area contributed by atoms with E-state index < -0.39 is 5.97 Å². The minimum Gasteiger partial charge on any atom is -0.481 e. The summed E-state index contributed by atoms with van der Waals surface area (Å²) in [5, 5.41) is 8.97. The van der Waals surface area contributed by atoms with Crippen LogP contribution in [0.2, 0.25) is 0 Å². The molecule has 1 aromatic heterocycles. The number of aliphatic carboxylic acids is 1. The van der Waals surface area contributed by atoms with Crippen LogP contribution in [-0.4, -0.2) is 16.1 Å². The number of hydrogen-bond acceptors (Lipinski definition) is 3. The van der Waals surface area contributed by atoms with Crippen molar-refractivity contribution in [3.05, 3.63) is 17.8 Å². The Morgan fingerprint density at radius 3 is 2.39 bits per heavy atom. The first-order chi connectivity index (χ1) is 8.38. The Hall–Kier alpha value is -1.32. The third-order valence-corrected chi connectivity index (χ3v) is 3.69. The van der Waals surface area contributed by atoms with Crippen LogP contribution in [0.5, 0.6) is 0 Å². The van der Waals surface area contributed by atoms with Crippen LogP contribution in [0.4, 0.5) is 0 Å². The summed E-state index contributed by atoms with van der Waals surface area (Å²) in [6.07, 6.45) is 4.99. The first-order valence-corrected chi connectivity index (χ1v) is 6.57. The fraction of sp³-hybridized carbons (Fsp3) is 0.714. The molecule has 1 N–H and O–H groups in total. The summed E-state index contributed by atoms with van der Waals surface area (Å²) < 4.78 is 5.82. The van der Waals surface area contributed by atoms with Gasteiger partial charge in [0.15, 0.2) is 5.89 Å². The van der Waals surface area contributed by atoms with Crippen molar-refractivity contribution in [2.45, 2.75) is 57.8 Å². The van der Waals surface area contributed by atoms with Crippen molar-refractivity contribution < 1.29 is 14.3 Å². The van der Waals surface area contributed by atoms with Gasteiger partial charge in [0.1, 0.15) is 5.76 Å². The maximum absolute atomic E-state index is 10.9. The number of carboxylic acids is 1. The molecule has 0 aromatic carbocycles. The lowest BCUT2D eigenvalue weighted by Gasteiger charge is -2.24. The van der Waals surface area contributed by atoms with Crippen LogP contribution in [0, 0.1) is 5.92 Å². The lowest BCUT2D eigenvalue weighted by atomic mass is 9.82. The second-order valence-corrected chi connectivity index (χ2v) is 6.20.